The van der Waals surface area contributed by atoms with Crippen molar-refractivity contribution in [3.05, 3.63) is 114 Å². The average Bonchev–Trinajstić information content (AvgIpc) is 3.16. The SMILES string of the molecule is O=C(C[C@@H](/C=C/c1ccccc1)c1c[nH]c2ccccc12)c1ccccc1. The third kappa shape index (κ3) is 3.90. The number of aromatic nitrogens is 1. The third-order valence-corrected chi connectivity index (χ3v) is 4.84. The predicted molar refractivity (Wildman–Crippen MR) is 112 cm³/mol. The second kappa shape index (κ2) is 7.88. The number of aromatic amines is 1. The van der Waals surface area contributed by atoms with Gasteiger partial charge in [-0.3, -0.25) is 4.79 Å². The Kier molecular flexibility index (Phi) is 4.97. The molecule has 0 aliphatic heterocycles. The van der Waals surface area contributed by atoms with E-state index in [0.29, 0.717) is 6.42 Å². The van der Waals surface area contributed by atoms with Gasteiger partial charge in [0.1, 0.15) is 0 Å². The molecule has 1 aromatic heterocycles. The lowest BCUT2D eigenvalue weighted by atomic mass is 9.90. The van der Waals surface area contributed by atoms with Gasteiger partial charge in [0, 0.05) is 35.0 Å². The fourth-order valence-electron chi connectivity index (χ4n) is 3.42. The van der Waals surface area contributed by atoms with Crippen molar-refractivity contribution in [1.29, 1.82) is 0 Å². The quantitative estimate of drug-likeness (QED) is 0.410. The van der Waals surface area contributed by atoms with Gasteiger partial charge in [-0.1, -0.05) is 91.0 Å². The molecule has 3 aromatic carbocycles. The average molecular weight is 351 g/mol. The largest absolute Gasteiger partial charge is 0.361 e. The Morgan fingerprint density at radius 1 is 0.852 bits per heavy atom. The summed E-state index contributed by atoms with van der Waals surface area (Å²) in [5, 5.41) is 1.17. The van der Waals surface area contributed by atoms with Gasteiger partial charge >= 0.3 is 0 Å². The number of carbonyl (C=O) groups excluding carboxylic acids is 1. The number of allylic oxidation sites excluding steroid dienone is 1. The summed E-state index contributed by atoms with van der Waals surface area (Å²) in [6.07, 6.45) is 6.72. The molecule has 2 nitrogen and oxygen atoms in total. The maximum atomic E-state index is 12.9. The zero-order valence-electron chi connectivity index (χ0n) is 15.0. The molecule has 1 heterocycles. The molecule has 0 spiro atoms. The Bertz CT molecular complexity index is 1060. The summed E-state index contributed by atoms with van der Waals surface area (Å²) >= 11 is 0. The molecule has 27 heavy (non-hydrogen) atoms. The molecule has 2 heteroatoms. The molecule has 0 amide bonds. The Hall–Kier alpha value is -3.39. The van der Waals surface area contributed by atoms with Crippen molar-refractivity contribution in [2.75, 3.05) is 0 Å². The van der Waals surface area contributed by atoms with E-state index < -0.39 is 0 Å². The summed E-state index contributed by atoms with van der Waals surface area (Å²) < 4.78 is 0. The van der Waals surface area contributed by atoms with Crippen LogP contribution in [0.15, 0.2) is 97.2 Å². The number of Topliss-reactive ketones (excluding diaryl/α,β-unsaturated/α-hetero) is 1. The minimum atomic E-state index is 0.00839. The van der Waals surface area contributed by atoms with Gasteiger partial charge in [0.15, 0.2) is 5.78 Å². The predicted octanol–water partition coefficient (Wildman–Crippen LogP) is 6.24. The van der Waals surface area contributed by atoms with Crippen LogP contribution in [0.2, 0.25) is 0 Å². The molecular weight excluding hydrogens is 330 g/mol. The Labute approximate surface area is 159 Å². The zero-order chi connectivity index (χ0) is 18.5. The van der Waals surface area contributed by atoms with E-state index in [2.05, 4.69) is 41.4 Å². The van der Waals surface area contributed by atoms with Crippen LogP contribution in [0.25, 0.3) is 17.0 Å². The lowest BCUT2D eigenvalue weighted by Gasteiger charge is -2.12. The first-order valence-electron chi connectivity index (χ1n) is 9.19. The zero-order valence-corrected chi connectivity index (χ0v) is 15.0. The fourth-order valence-corrected chi connectivity index (χ4v) is 3.42. The standard InChI is InChI=1S/C25H21NO/c27-25(20-11-5-2-6-12-20)17-21(16-15-19-9-3-1-4-10-19)23-18-26-24-14-8-7-13-22(23)24/h1-16,18,21,26H,17H2/b16-15+/t21-/m1/s1. The van der Waals surface area contributed by atoms with E-state index >= 15 is 0 Å². The van der Waals surface area contributed by atoms with Crippen molar-refractivity contribution >= 4 is 22.8 Å². The highest BCUT2D eigenvalue weighted by molar-refractivity contribution is 5.97. The first kappa shape index (κ1) is 17.0. The molecule has 0 aliphatic carbocycles. The van der Waals surface area contributed by atoms with Crippen LogP contribution in [0.5, 0.6) is 0 Å². The number of fused-ring (bicyclic) bond motifs is 1. The summed E-state index contributed by atoms with van der Waals surface area (Å²) in [6, 6.07) is 28.0. The Morgan fingerprint density at radius 2 is 1.52 bits per heavy atom. The van der Waals surface area contributed by atoms with E-state index in [1.807, 2.05) is 66.9 Å². The molecule has 0 aliphatic rings. The molecule has 4 rings (SSSR count). The van der Waals surface area contributed by atoms with Gasteiger partial charge < -0.3 is 4.98 Å². The summed E-state index contributed by atoms with van der Waals surface area (Å²) in [4.78, 5) is 16.2. The summed E-state index contributed by atoms with van der Waals surface area (Å²) in [6.45, 7) is 0. The molecule has 0 saturated heterocycles. The molecule has 4 aromatic rings. The molecule has 0 unspecified atom stereocenters. The topological polar surface area (TPSA) is 32.9 Å². The number of hydrogen-bond acceptors (Lipinski definition) is 1. The van der Waals surface area contributed by atoms with Gasteiger partial charge in [-0.2, -0.15) is 0 Å². The van der Waals surface area contributed by atoms with Gasteiger partial charge in [-0.15, -0.1) is 0 Å². The number of H-pyrrole nitrogens is 1. The highest BCUT2D eigenvalue weighted by Crippen LogP contribution is 2.30. The normalized spacial score (nSPS) is 12.4. The van der Waals surface area contributed by atoms with Crippen molar-refractivity contribution in [2.24, 2.45) is 0 Å². The second-order valence-corrected chi connectivity index (χ2v) is 6.66. The first-order valence-corrected chi connectivity index (χ1v) is 9.19. The van der Waals surface area contributed by atoms with Gasteiger partial charge in [0.05, 0.1) is 0 Å². The van der Waals surface area contributed by atoms with Gasteiger partial charge in [-0.05, 0) is 17.2 Å². The maximum absolute atomic E-state index is 12.9. The summed E-state index contributed by atoms with van der Waals surface area (Å²) in [5.74, 6) is 0.164. The molecule has 0 bridgehead atoms. The van der Waals surface area contributed by atoms with Gasteiger partial charge in [0.2, 0.25) is 0 Å². The van der Waals surface area contributed by atoms with E-state index in [1.54, 1.807) is 0 Å². The molecule has 0 saturated carbocycles. The Morgan fingerprint density at radius 3 is 2.30 bits per heavy atom. The van der Waals surface area contributed by atoms with Crippen LogP contribution < -0.4 is 0 Å². The lowest BCUT2D eigenvalue weighted by Crippen LogP contribution is -2.05. The second-order valence-electron chi connectivity index (χ2n) is 6.66. The molecule has 0 radical (unpaired) electrons. The summed E-state index contributed by atoms with van der Waals surface area (Å²) in [7, 11) is 0. The van der Waals surface area contributed by atoms with Crippen LogP contribution in [0.1, 0.15) is 33.8 Å². The number of hydrogen-bond donors (Lipinski definition) is 1. The number of carbonyl (C=O) groups is 1. The van der Waals surface area contributed by atoms with Crippen molar-refractivity contribution in [3.8, 4) is 0 Å². The van der Waals surface area contributed by atoms with E-state index in [4.69, 9.17) is 0 Å². The van der Waals surface area contributed by atoms with Gasteiger partial charge in [-0.25, -0.2) is 0 Å². The molecule has 1 atom stereocenters. The third-order valence-electron chi connectivity index (χ3n) is 4.84. The number of ketones is 1. The first-order chi connectivity index (χ1) is 13.3. The van der Waals surface area contributed by atoms with Crippen molar-refractivity contribution < 1.29 is 4.79 Å². The van der Waals surface area contributed by atoms with Crippen LogP contribution in [-0.2, 0) is 0 Å². The fraction of sp³-hybridized carbons (Fsp3) is 0.0800. The van der Waals surface area contributed by atoms with E-state index in [9.17, 15) is 4.79 Å². The number of benzene rings is 3. The maximum Gasteiger partial charge on any atom is 0.163 e. The van der Waals surface area contributed by atoms with Crippen LogP contribution in [0, 0.1) is 0 Å². The van der Waals surface area contributed by atoms with Crippen molar-refractivity contribution in [2.45, 2.75) is 12.3 Å². The van der Waals surface area contributed by atoms with Crippen LogP contribution in [0.4, 0.5) is 0 Å². The summed E-state index contributed by atoms with van der Waals surface area (Å²) in [5.41, 5.74) is 4.14. The monoisotopic (exact) mass is 351 g/mol. The minimum Gasteiger partial charge on any atom is -0.361 e. The highest BCUT2D eigenvalue weighted by Gasteiger charge is 2.18. The van der Waals surface area contributed by atoms with E-state index in [0.717, 1.165) is 22.2 Å². The molecule has 132 valence electrons. The van der Waals surface area contributed by atoms with Crippen molar-refractivity contribution in [1.82, 2.24) is 4.98 Å². The number of nitrogens with one attached hydrogen (secondary N) is 1. The van der Waals surface area contributed by atoms with E-state index in [1.165, 1.54) is 5.39 Å². The van der Waals surface area contributed by atoms with E-state index in [-0.39, 0.29) is 11.7 Å². The van der Waals surface area contributed by atoms with Gasteiger partial charge in [0.25, 0.3) is 0 Å². The van der Waals surface area contributed by atoms with Crippen LogP contribution in [-0.4, -0.2) is 10.8 Å². The van der Waals surface area contributed by atoms with Crippen molar-refractivity contribution in [3.63, 3.8) is 0 Å². The lowest BCUT2D eigenvalue weighted by molar-refractivity contribution is 0.0978. The number of rotatable bonds is 6. The smallest absolute Gasteiger partial charge is 0.163 e. The van der Waals surface area contributed by atoms with Crippen LogP contribution in [0.3, 0.4) is 0 Å². The molecule has 0 fully saturated rings. The highest BCUT2D eigenvalue weighted by atomic mass is 16.1. The minimum absolute atomic E-state index is 0.00839. The number of para-hydroxylation sites is 1. The Balaban J connectivity index is 1.69. The molecular formula is C25H21NO. The van der Waals surface area contributed by atoms with Crippen LogP contribution >= 0.6 is 0 Å². The molecule has 1 N–H and O–H groups in total.